The molecule has 0 unspecified atom stereocenters. The summed E-state index contributed by atoms with van der Waals surface area (Å²) in [6, 6.07) is 10.5. The van der Waals surface area contributed by atoms with Crippen molar-refractivity contribution in [2.45, 2.75) is 0 Å². The van der Waals surface area contributed by atoms with Crippen LogP contribution in [0.5, 0.6) is 0 Å². The zero-order valence-corrected chi connectivity index (χ0v) is 14.3. The van der Waals surface area contributed by atoms with Gasteiger partial charge in [0, 0.05) is 20.1 Å². The molecule has 0 atom stereocenters. The zero-order chi connectivity index (χ0) is 15.0. The van der Waals surface area contributed by atoms with Gasteiger partial charge in [-0.15, -0.1) is 0 Å². The molecule has 0 aliphatic rings. The van der Waals surface area contributed by atoms with E-state index < -0.39 is 0 Å². The van der Waals surface area contributed by atoms with E-state index in [0.29, 0.717) is 20.7 Å². The summed E-state index contributed by atoms with van der Waals surface area (Å²) in [5.74, 6) is -0.297. The lowest BCUT2D eigenvalue weighted by Crippen LogP contribution is -2.11. The molecule has 0 spiro atoms. The second-order valence-corrected chi connectivity index (χ2v) is 6.98. The van der Waals surface area contributed by atoms with Gasteiger partial charge in [0.25, 0.3) is 5.91 Å². The number of hydrogen-bond acceptors (Lipinski definition) is 3. The second kappa shape index (κ2) is 5.93. The molecule has 7 heteroatoms. The van der Waals surface area contributed by atoms with Gasteiger partial charge in [-0.25, -0.2) is 4.98 Å². The number of nitrogens with one attached hydrogen (secondary N) is 1. The lowest BCUT2D eigenvalue weighted by molar-refractivity contribution is 0.102. The highest BCUT2D eigenvalue weighted by Crippen LogP contribution is 2.31. The van der Waals surface area contributed by atoms with Gasteiger partial charge in [-0.1, -0.05) is 40.6 Å². The van der Waals surface area contributed by atoms with Crippen LogP contribution < -0.4 is 5.32 Å². The average molecular weight is 402 g/mol. The van der Waals surface area contributed by atoms with Crippen LogP contribution in [0.1, 0.15) is 10.4 Å². The van der Waals surface area contributed by atoms with Gasteiger partial charge in [-0.2, -0.15) is 0 Å². The minimum Gasteiger partial charge on any atom is -0.298 e. The third-order valence-electron chi connectivity index (χ3n) is 2.71. The predicted molar refractivity (Wildman–Crippen MR) is 91.7 cm³/mol. The molecule has 0 fully saturated rings. The molecule has 1 heterocycles. The van der Waals surface area contributed by atoms with E-state index in [4.69, 9.17) is 23.2 Å². The van der Waals surface area contributed by atoms with Crippen molar-refractivity contribution in [3.05, 3.63) is 56.5 Å². The van der Waals surface area contributed by atoms with E-state index in [2.05, 4.69) is 26.2 Å². The number of carbonyl (C=O) groups is 1. The third-order valence-corrected chi connectivity index (χ3v) is 4.73. The monoisotopic (exact) mass is 400 g/mol. The van der Waals surface area contributed by atoms with Crippen molar-refractivity contribution < 1.29 is 4.79 Å². The number of amides is 1. The molecule has 0 saturated heterocycles. The average Bonchev–Trinajstić information content (AvgIpc) is 2.81. The van der Waals surface area contributed by atoms with Gasteiger partial charge >= 0.3 is 0 Å². The zero-order valence-electron chi connectivity index (χ0n) is 10.4. The van der Waals surface area contributed by atoms with Crippen molar-refractivity contribution in [1.82, 2.24) is 4.98 Å². The number of halogens is 3. The van der Waals surface area contributed by atoms with Gasteiger partial charge in [-0.3, -0.25) is 10.1 Å². The molecule has 1 aromatic heterocycles. The largest absolute Gasteiger partial charge is 0.298 e. The number of para-hydroxylation sites is 1. The Morgan fingerprint density at radius 1 is 1.19 bits per heavy atom. The fourth-order valence-corrected chi connectivity index (χ4v) is 3.82. The molecular weight excluding hydrogens is 395 g/mol. The number of benzene rings is 2. The van der Waals surface area contributed by atoms with Gasteiger partial charge in [-0.05, 0) is 46.3 Å². The third kappa shape index (κ3) is 3.21. The van der Waals surface area contributed by atoms with Gasteiger partial charge in [0.2, 0.25) is 0 Å². The minimum atomic E-state index is -0.297. The Balaban J connectivity index is 1.91. The summed E-state index contributed by atoms with van der Waals surface area (Å²) in [6.45, 7) is 0. The first kappa shape index (κ1) is 14.8. The molecular formula is C14H7BrCl2N2OS. The standard InChI is InChI=1S/C14H7BrCl2N2OS/c15-10-2-1-3-11-12(10)18-14(21-11)19-13(20)7-4-8(16)6-9(17)5-7/h1-6H,(H,18,19,20). The van der Waals surface area contributed by atoms with Crippen LogP contribution in [0.25, 0.3) is 10.2 Å². The van der Waals surface area contributed by atoms with Gasteiger partial charge in [0.05, 0.1) is 10.2 Å². The van der Waals surface area contributed by atoms with E-state index in [1.807, 2.05) is 18.2 Å². The van der Waals surface area contributed by atoms with Crippen LogP contribution in [-0.4, -0.2) is 10.9 Å². The Kier molecular flexibility index (Phi) is 4.17. The first-order chi connectivity index (χ1) is 10.0. The Labute approximate surface area is 143 Å². The Bertz CT molecular complexity index is 830. The lowest BCUT2D eigenvalue weighted by atomic mass is 10.2. The summed E-state index contributed by atoms with van der Waals surface area (Å²) < 4.78 is 1.88. The van der Waals surface area contributed by atoms with Crippen LogP contribution in [0.4, 0.5) is 5.13 Å². The van der Waals surface area contributed by atoms with Crippen LogP contribution in [0, 0.1) is 0 Å². The van der Waals surface area contributed by atoms with Crippen molar-refractivity contribution in [3.63, 3.8) is 0 Å². The molecule has 0 aliphatic heterocycles. The number of nitrogens with zero attached hydrogens (tertiary/aromatic N) is 1. The first-order valence-corrected chi connectivity index (χ1v) is 8.22. The Hall–Kier alpha value is -1.14. The van der Waals surface area contributed by atoms with Gasteiger partial charge in [0.1, 0.15) is 0 Å². The SMILES string of the molecule is O=C(Nc1nc2c(Br)cccc2s1)c1cc(Cl)cc(Cl)c1. The van der Waals surface area contributed by atoms with E-state index in [1.54, 1.807) is 18.2 Å². The molecule has 0 bridgehead atoms. The van der Waals surface area contributed by atoms with Gasteiger partial charge in [0.15, 0.2) is 5.13 Å². The maximum atomic E-state index is 12.2. The van der Waals surface area contributed by atoms with Crippen molar-refractivity contribution in [1.29, 1.82) is 0 Å². The summed E-state index contributed by atoms with van der Waals surface area (Å²) >= 11 is 16.6. The molecule has 2 aromatic carbocycles. The van der Waals surface area contributed by atoms with E-state index in [-0.39, 0.29) is 5.91 Å². The van der Waals surface area contributed by atoms with E-state index >= 15 is 0 Å². The molecule has 0 saturated carbocycles. The topological polar surface area (TPSA) is 42.0 Å². The van der Waals surface area contributed by atoms with E-state index in [9.17, 15) is 4.79 Å². The number of rotatable bonds is 2. The quantitative estimate of drug-likeness (QED) is 0.605. The molecule has 3 aromatic rings. The van der Waals surface area contributed by atoms with Crippen LogP contribution >= 0.6 is 50.5 Å². The van der Waals surface area contributed by atoms with Crippen LogP contribution in [0.2, 0.25) is 10.0 Å². The van der Waals surface area contributed by atoms with Crippen molar-refractivity contribution in [2.75, 3.05) is 5.32 Å². The number of fused-ring (bicyclic) bond motifs is 1. The minimum absolute atomic E-state index is 0.297. The molecule has 1 amide bonds. The molecule has 3 rings (SSSR count). The van der Waals surface area contributed by atoms with Crippen LogP contribution in [0.15, 0.2) is 40.9 Å². The van der Waals surface area contributed by atoms with E-state index in [1.165, 1.54) is 11.3 Å². The summed E-state index contributed by atoms with van der Waals surface area (Å²) in [7, 11) is 0. The molecule has 21 heavy (non-hydrogen) atoms. The first-order valence-electron chi connectivity index (χ1n) is 5.85. The number of thiazole rings is 1. The number of aromatic nitrogens is 1. The molecule has 106 valence electrons. The van der Waals surface area contributed by atoms with Crippen LogP contribution in [-0.2, 0) is 0 Å². The maximum absolute atomic E-state index is 12.2. The predicted octanol–water partition coefficient (Wildman–Crippen LogP) is 5.62. The van der Waals surface area contributed by atoms with Crippen molar-refractivity contribution >= 4 is 71.7 Å². The molecule has 0 radical (unpaired) electrons. The number of carbonyl (C=O) groups excluding carboxylic acids is 1. The Morgan fingerprint density at radius 2 is 1.90 bits per heavy atom. The lowest BCUT2D eigenvalue weighted by Gasteiger charge is -2.03. The highest BCUT2D eigenvalue weighted by atomic mass is 79.9. The Morgan fingerprint density at radius 3 is 2.57 bits per heavy atom. The highest BCUT2D eigenvalue weighted by Gasteiger charge is 2.12. The summed E-state index contributed by atoms with van der Waals surface area (Å²) in [4.78, 5) is 16.6. The van der Waals surface area contributed by atoms with Crippen molar-refractivity contribution in [3.8, 4) is 0 Å². The number of anilines is 1. The highest BCUT2D eigenvalue weighted by molar-refractivity contribution is 9.10. The normalized spacial score (nSPS) is 10.8. The fourth-order valence-electron chi connectivity index (χ4n) is 1.82. The smallest absolute Gasteiger partial charge is 0.257 e. The molecule has 3 nitrogen and oxygen atoms in total. The van der Waals surface area contributed by atoms with E-state index in [0.717, 1.165) is 14.7 Å². The molecule has 0 aliphatic carbocycles. The van der Waals surface area contributed by atoms with Gasteiger partial charge < -0.3 is 0 Å². The molecule has 1 N–H and O–H groups in total. The number of hydrogen-bond donors (Lipinski definition) is 1. The summed E-state index contributed by atoms with van der Waals surface area (Å²) in [6.07, 6.45) is 0. The summed E-state index contributed by atoms with van der Waals surface area (Å²) in [5, 5.41) is 4.12. The maximum Gasteiger partial charge on any atom is 0.257 e. The van der Waals surface area contributed by atoms with Crippen molar-refractivity contribution in [2.24, 2.45) is 0 Å². The fraction of sp³-hybridized carbons (Fsp3) is 0. The second-order valence-electron chi connectivity index (χ2n) is 4.22. The summed E-state index contributed by atoms with van der Waals surface area (Å²) in [5.41, 5.74) is 1.22. The van der Waals surface area contributed by atoms with Crippen LogP contribution in [0.3, 0.4) is 0 Å².